The van der Waals surface area contributed by atoms with E-state index in [0.29, 0.717) is 12.6 Å². The largest absolute Gasteiger partial charge is 0.377 e. The minimum absolute atomic E-state index is 0.0113. The van der Waals surface area contributed by atoms with Crippen LogP contribution in [0.3, 0.4) is 0 Å². The number of carbonyl (C=O) groups is 1. The van der Waals surface area contributed by atoms with Crippen LogP contribution in [0.15, 0.2) is 53.4 Å². The first-order chi connectivity index (χ1) is 14.8. The van der Waals surface area contributed by atoms with Gasteiger partial charge in [-0.15, -0.1) is 11.8 Å². The molecule has 30 heavy (non-hydrogen) atoms. The number of benzene rings is 2. The number of piperidine rings is 1. The Hall–Kier alpha value is -1.82. The van der Waals surface area contributed by atoms with E-state index >= 15 is 0 Å². The van der Waals surface area contributed by atoms with Crippen molar-refractivity contribution in [1.29, 1.82) is 0 Å². The molecule has 2 heterocycles. The first-order valence-corrected chi connectivity index (χ1v) is 12.2. The molecule has 1 unspecified atom stereocenters. The average molecular weight is 425 g/mol. The summed E-state index contributed by atoms with van der Waals surface area (Å²) in [7, 11) is 0. The van der Waals surface area contributed by atoms with Gasteiger partial charge in [0.1, 0.15) is 0 Å². The molecule has 0 saturated carbocycles. The van der Waals surface area contributed by atoms with Gasteiger partial charge in [0.2, 0.25) is 0 Å². The number of ether oxygens (including phenoxy) is 1. The summed E-state index contributed by atoms with van der Waals surface area (Å²) >= 11 is 1.72. The maximum Gasteiger partial charge on any atom is 0.252 e. The van der Waals surface area contributed by atoms with E-state index < -0.39 is 0 Å². The Bertz CT molecular complexity index is 812. The number of thioether (sulfide) groups is 1. The summed E-state index contributed by atoms with van der Waals surface area (Å²) < 4.78 is 5.71. The lowest BCUT2D eigenvalue weighted by Crippen LogP contribution is -2.29. The van der Waals surface area contributed by atoms with Crippen molar-refractivity contribution in [2.24, 2.45) is 0 Å². The van der Waals surface area contributed by atoms with Crippen LogP contribution in [-0.2, 0) is 17.8 Å². The molecule has 4 rings (SSSR count). The van der Waals surface area contributed by atoms with Crippen LogP contribution >= 0.6 is 11.8 Å². The van der Waals surface area contributed by atoms with Gasteiger partial charge in [-0.2, -0.15) is 0 Å². The molecule has 160 valence electrons. The highest BCUT2D eigenvalue weighted by atomic mass is 32.2. The smallest absolute Gasteiger partial charge is 0.252 e. The summed E-state index contributed by atoms with van der Waals surface area (Å²) in [5.41, 5.74) is 3.24. The summed E-state index contributed by atoms with van der Waals surface area (Å²) in [6.45, 7) is 4.86. The molecule has 2 saturated heterocycles. The van der Waals surface area contributed by atoms with E-state index in [1.54, 1.807) is 11.8 Å². The summed E-state index contributed by atoms with van der Waals surface area (Å²) in [4.78, 5) is 16.4. The monoisotopic (exact) mass is 424 g/mol. The van der Waals surface area contributed by atoms with Crippen LogP contribution in [0.25, 0.3) is 0 Å². The molecule has 1 amide bonds. The highest BCUT2D eigenvalue weighted by molar-refractivity contribution is 7.99. The van der Waals surface area contributed by atoms with E-state index in [9.17, 15) is 4.79 Å². The minimum Gasteiger partial charge on any atom is -0.377 e. The molecule has 0 spiro atoms. The first-order valence-electron chi connectivity index (χ1n) is 11.2. The molecular formula is C25H32N2O2S. The average Bonchev–Trinajstić information content (AvgIpc) is 3.32. The molecule has 2 aliphatic rings. The molecule has 0 radical (unpaired) electrons. The van der Waals surface area contributed by atoms with E-state index in [2.05, 4.69) is 34.5 Å². The van der Waals surface area contributed by atoms with Crippen molar-refractivity contribution < 1.29 is 9.53 Å². The molecular weight excluding hydrogens is 392 g/mol. The molecule has 1 N–H and O–H groups in total. The molecule has 0 aliphatic carbocycles. The van der Waals surface area contributed by atoms with Gasteiger partial charge < -0.3 is 10.1 Å². The number of amides is 1. The number of likely N-dealkylation sites (tertiary alicyclic amines) is 1. The Morgan fingerprint density at radius 3 is 2.53 bits per heavy atom. The van der Waals surface area contributed by atoms with Crippen molar-refractivity contribution >= 4 is 17.7 Å². The van der Waals surface area contributed by atoms with Crippen LogP contribution in [0.5, 0.6) is 0 Å². The third-order valence-electron chi connectivity index (χ3n) is 5.91. The molecule has 2 aliphatic heterocycles. The third-order valence-corrected chi connectivity index (χ3v) is 7.12. The van der Waals surface area contributed by atoms with E-state index in [0.717, 1.165) is 47.8 Å². The lowest BCUT2D eigenvalue weighted by atomic mass is 10.1. The summed E-state index contributed by atoms with van der Waals surface area (Å²) in [6.07, 6.45) is 6.58. The zero-order valence-electron chi connectivity index (χ0n) is 17.6. The van der Waals surface area contributed by atoms with Crippen molar-refractivity contribution in [1.82, 2.24) is 10.2 Å². The zero-order valence-corrected chi connectivity index (χ0v) is 18.5. The number of carbonyl (C=O) groups excluding carboxylic acids is 1. The van der Waals surface area contributed by atoms with E-state index in [1.807, 2.05) is 24.3 Å². The fourth-order valence-electron chi connectivity index (χ4n) is 4.15. The Kier molecular flexibility index (Phi) is 7.84. The summed E-state index contributed by atoms with van der Waals surface area (Å²) in [5, 5.41) is 3.09. The van der Waals surface area contributed by atoms with Gasteiger partial charge in [-0.05, 0) is 62.0 Å². The number of nitrogens with zero attached hydrogens (tertiary/aromatic N) is 1. The van der Waals surface area contributed by atoms with Crippen LogP contribution in [0.4, 0.5) is 0 Å². The minimum atomic E-state index is -0.0113. The number of nitrogens with one attached hydrogen (secondary N) is 1. The predicted octanol–water partition coefficient (Wildman–Crippen LogP) is 4.87. The fraction of sp³-hybridized carbons (Fsp3) is 0.480. The molecule has 0 bridgehead atoms. The highest BCUT2D eigenvalue weighted by Crippen LogP contribution is 2.26. The van der Waals surface area contributed by atoms with Crippen molar-refractivity contribution in [3.63, 3.8) is 0 Å². The quantitative estimate of drug-likeness (QED) is 0.614. The lowest BCUT2D eigenvalue weighted by molar-refractivity contribution is 0.0947. The van der Waals surface area contributed by atoms with E-state index in [4.69, 9.17) is 4.74 Å². The van der Waals surface area contributed by atoms with Crippen LogP contribution in [-0.4, -0.2) is 42.4 Å². The molecule has 2 aromatic rings. The molecule has 0 aromatic heterocycles. The van der Waals surface area contributed by atoms with Crippen molar-refractivity contribution in [3.8, 4) is 0 Å². The van der Waals surface area contributed by atoms with Gasteiger partial charge in [0, 0.05) is 30.3 Å². The number of rotatable bonds is 8. The molecule has 1 atom stereocenters. The van der Waals surface area contributed by atoms with Crippen molar-refractivity contribution in [2.75, 3.05) is 25.4 Å². The zero-order chi connectivity index (χ0) is 20.6. The molecule has 2 aromatic carbocycles. The second kappa shape index (κ2) is 11.0. The number of hydrogen-bond acceptors (Lipinski definition) is 4. The first kappa shape index (κ1) is 21.4. The van der Waals surface area contributed by atoms with Crippen LogP contribution in [0.1, 0.15) is 53.6 Å². The van der Waals surface area contributed by atoms with Gasteiger partial charge in [0.05, 0.1) is 11.7 Å². The Labute approximate surface area is 184 Å². The summed E-state index contributed by atoms with van der Waals surface area (Å²) in [6, 6.07) is 16.5. The van der Waals surface area contributed by atoms with Gasteiger partial charge in [0.25, 0.3) is 5.91 Å². The molecule has 4 nitrogen and oxygen atoms in total. The van der Waals surface area contributed by atoms with Crippen molar-refractivity contribution in [3.05, 3.63) is 65.2 Å². The Balaban J connectivity index is 1.28. The summed E-state index contributed by atoms with van der Waals surface area (Å²) in [5.74, 6) is 0.894. The van der Waals surface area contributed by atoms with Crippen LogP contribution < -0.4 is 5.32 Å². The van der Waals surface area contributed by atoms with Gasteiger partial charge in [-0.25, -0.2) is 0 Å². The third kappa shape index (κ3) is 6.10. The maximum absolute atomic E-state index is 12.8. The Morgan fingerprint density at radius 2 is 1.77 bits per heavy atom. The topological polar surface area (TPSA) is 41.6 Å². The van der Waals surface area contributed by atoms with Gasteiger partial charge in [-0.3, -0.25) is 9.69 Å². The van der Waals surface area contributed by atoms with Crippen LogP contribution in [0.2, 0.25) is 0 Å². The fourth-order valence-corrected chi connectivity index (χ4v) is 5.27. The maximum atomic E-state index is 12.8. The van der Waals surface area contributed by atoms with Crippen molar-refractivity contribution in [2.45, 2.75) is 56.2 Å². The molecule has 2 fully saturated rings. The predicted molar refractivity (Wildman–Crippen MR) is 123 cm³/mol. The second-order valence-electron chi connectivity index (χ2n) is 8.28. The Morgan fingerprint density at radius 1 is 1.00 bits per heavy atom. The van der Waals surface area contributed by atoms with Gasteiger partial charge in [-0.1, -0.05) is 42.8 Å². The molecule has 5 heteroatoms. The van der Waals surface area contributed by atoms with Gasteiger partial charge >= 0.3 is 0 Å². The van der Waals surface area contributed by atoms with E-state index in [-0.39, 0.29) is 5.91 Å². The second-order valence-corrected chi connectivity index (χ2v) is 9.34. The highest BCUT2D eigenvalue weighted by Gasteiger charge is 2.18. The normalized spacial score (nSPS) is 19.7. The number of hydrogen-bond donors (Lipinski definition) is 1. The standard InChI is InChI=1S/C25H32N2O2S/c28-25(23-8-2-3-9-24(23)30-19-22-7-6-16-29-22)26-17-20-10-12-21(13-11-20)18-27-14-4-1-5-15-27/h2-3,8-13,22H,1,4-7,14-19H2,(H,26,28). The van der Waals surface area contributed by atoms with Crippen LogP contribution in [0, 0.1) is 0 Å². The van der Waals surface area contributed by atoms with Gasteiger partial charge in [0.15, 0.2) is 0 Å². The van der Waals surface area contributed by atoms with E-state index in [1.165, 1.54) is 37.9 Å². The lowest BCUT2D eigenvalue weighted by Gasteiger charge is -2.26. The SMILES string of the molecule is O=C(NCc1ccc(CN2CCCCC2)cc1)c1ccccc1SCC1CCCO1.